The van der Waals surface area contributed by atoms with E-state index >= 15 is 0 Å². The maximum atomic E-state index is 13.6. The van der Waals surface area contributed by atoms with Gasteiger partial charge >= 0.3 is 5.97 Å². The lowest BCUT2D eigenvalue weighted by Crippen LogP contribution is -2.33. The second kappa shape index (κ2) is 6.71. The molecule has 0 aliphatic rings. The largest absolute Gasteiger partial charge is 0.481 e. The molecule has 1 aromatic rings. The van der Waals surface area contributed by atoms with Crippen LogP contribution in [0.3, 0.4) is 0 Å². The van der Waals surface area contributed by atoms with Crippen molar-refractivity contribution in [1.29, 1.82) is 0 Å². The highest BCUT2D eigenvalue weighted by Gasteiger charge is 2.28. The quantitative estimate of drug-likeness (QED) is 0.805. The van der Waals surface area contributed by atoms with Crippen LogP contribution < -0.4 is 0 Å². The smallest absolute Gasteiger partial charge is 0.304 e. The van der Waals surface area contributed by atoms with E-state index in [1.165, 1.54) is 0 Å². The average molecular weight is 344 g/mol. The molecular formula is C11H12Cl2FNO4S. The van der Waals surface area contributed by atoms with E-state index in [9.17, 15) is 17.6 Å². The number of carboxylic acid groups (broad SMARTS) is 1. The zero-order valence-corrected chi connectivity index (χ0v) is 12.8. The Hall–Kier alpha value is -0.890. The number of aliphatic carboxylic acids is 1. The van der Waals surface area contributed by atoms with Crippen molar-refractivity contribution in [2.24, 2.45) is 0 Å². The van der Waals surface area contributed by atoms with Crippen LogP contribution in [0.4, 0.5) is 4.39 Å². The highest BCUT2D eigenvalue weighted by Crippen LogP contribution is 2.31. The number of nitrogens with zero attached hydrogens (tertiary/aromatic N) is 1. The van der Waals surface area contributed by atoms with E-state index in [1.807, 2.05) is 0 Å². The summed E-state index contributed by atoms with van der Waals surface area (Å²) in [6.07, 6.45) is -0.360. The topological polar surface area (TPSA) is 74.7 Å². The maximum Gasteiger partial charge on any atom is 0.304 e. The van der Waals surface area contributed by atoms with Gasteiger partial charge in [-0.2, -0.15) is 4.31 Å². The zero-order valence-electron chi connectivity index (χ0n) is 10.4. The maximum absolute atomic E-state index is 13.6. The number of hydrogen-bond acceptors (Lipinski definition) is 3. The van der Waals surface area contributed by atoms with Crippen LogP contribution in [-0.4, -0.2) is 36.9 Å². The molecule has 0 saturated carbocycles. The molecule has 0 saturated heterocycles. The summed E-state index contributed by atoms with van der Waals surface area (Å²) in [6, 6.07) is 2.17. The molecule has 112 valence electrons. The molecule has 0 amide bonds. The fourth-order valence-corrected chi connectivity index (χ4v) is 3.68. The first-order valence-corrected chi connectivity index (χ1v) is 7.76. The van der Waals surface area contributed by atoms with Crippen molar-refractivity contribution in [2.45, 2.75) is 18.2 Å². The lowest BCUT2D eigenvalue weighted by atomic mass is 10.3. The van der Waals surface area contributed by atoms with Gasteiger partial charge in [0.1, 0.15) is 4.90 Å². The minimum atomic E-state index is -4.08. The third-order valence-corrected chi connectivity index (χ3v) is 5.34. The molecule has 0 atom stereocenters. The van der Waals surface area contributed by atoms with Gasteiger partial charge in [-0.05, 0) is 12.1 Å². The summed E-state index contributed by atoms with van der Waals surface area (Å²) >= 11 is 11.2. The molecular weight excluding hydrogens is 332 g/mol. The summed E-state index contributed by atoms with van der Waals surface area (Å²) < 4.78 is 39.1. The first kappa shape index (κ1) is 17.2. The van der Waals surface area contributed by atoms with E-state index in [0.717, 1.165) is 16.4 Å². The normalized spacial score (nSPS) is 11.8. The second-order valence-corrected chi connectivity index (χ2v) is 6.51. The van der Waals surface area contributed by atoms with Crippen LogP contribution in [0.1, 0.15) is 13.3 Å². The fourth-order valence-electron chi connectivity index (χ4n) is 1.52. The summed E-state index contributed by atoms with van der Waals surface area (Å²) in [5.74, 6) is -2.16. The SMILES string of the molecule is CCN(CCC(=O)O)S(=O)(=O)c1ccc(Cl)c(F)c1Cl. The van der Waals surface area contributed by atoms with E-state index in [-0.39, 0.29) is 24.5 Å². The molecule has 9 heteroatoms. The molecule has 0 spiro atoms. The molecule has 0 fully saturated rings. The predicted octanol–water partition coefficient (Wildman–Crippen LogP) is 2.62. The van der Waals surface area contributed by atoms with Gasteiger partial charge in [0.05, 0.1) is 16.5 Å². The van der Waals surface area contributed by atoms with Crippen LogP contribution >= 0.6 is 23.2 Å². The van der Waals surface area contributed by atoms with Crippen molar-refractivity contribution in [3.8, 4) is 0 Å². The van der Waals surface area contributed by atoms with E-state index in [4.69, 9.17) is 28.3 Å². The Morgan fingerprint density at radius 2 is 2.00 bits per heavy atom. The van der Waals surface area contributed by atoms with Crippen LogP contribution in [0.2, 0.25) is 10.0 Å². The van der Waals surface area contributed by atoms with Crippen molar-refractivity contribution in [3.63, 3.8) is 0 Å². The number of carbonyl (C=O) groups is 1. The van der Waals surface area contributed by atoms with Crippen molar-refractivity contribution in [3.05, 3.63) is 28.0 Å². The highest BCUT2D eigenvalue weighted by atomic mass is 35.5. The van der Waals surface area contributed by atoms with Gasteiger partial charge in [-0.3, -0.25) is 4.79 Å². The lowest BCUT2D eigenvalue weighted by Gasteiger charge is -2.20. The monoisotopic (exact) mass is 343 g/mol. The van der Waals surface area contributed by atoms with Gasteiger partial charge < -0.3 is 5.11 Å². The van der Waals surface area contributed by atoms with Crippen LogP contribution in [0.25, 0.3) is 0 Å². The molecule has 0 aliphatic carbocycles. The van der Waals surface area contributed by atoms with Crippen molar-refractivity contribution >= 4 is 39.2 Å². The third kappa shape index (κ3) is 3.60. The van der Waals surface area contributed by atoms with Crippen LogP contribution in [0.15, 0.2) is 17.0 Å². The van der Waals surface area contributed by atoms with Gasteiger partial charge in [0, 0.05) is 13.1 Å². The molecule has 1 N–H and O–H groups in total. The zero-order chi connectivity index (χ0) is 15.5. The molecule has 0 radical (unpaired) electrons. The first-order valence-electron chi connectivity index (χ1n) is 5.57. The molecule has 0 aliphatic heterocycles. The molecule has 1 aromatic carbocycles. The predicted molar refractivity (Wildman–Crippen MR) is 73.1 cm³/mol. The Morgan fingerprint density at radius 3 is 2.50 bits per heavy atom. The summed E-state index contributed by atoms with van der Waals surface area (Å²) in [7, 11) is -4.08. The summed E-state index contributed by atoms with van der Waals surface area (Å²) in [5, 5.41) is 7.71. The standard InChI is InChI=1S/C11H12Cl2FNO4S/c1-2-15(6-5-9(16)17)20(18,19)8-4-3-7(12)11(14)10(8)13/h3-4H,2,5-6H2,1H3,(H,16,17). The van der Waals surface area contributed by atoms with Gasteiger partial charge in [0.25, 0.3) is 0 Å². The Labute approximate surface area is 126 Å². The summed E-state index contributed by atoms with van der Waals surface area (Å²) in [5.41, 5.74) is 0. The Balaban J connectivity index is 3.21. The number of rotatable bonds is 6. The number of sulfonamides is 1. The van der Waals surface area contributed by atoms with Crippen molar-refractivity contribution in [2.75, 3.05) is 13.1 Å². The van der Waals surface area contributed by atoms with E-state index in [2.05, 4.69) is 0 Å². The van der Waals surface area contributed by atoms with Gasteiger partial charge in [-0.1, -0.05) is 30.1 Å². The Kier molecular flexibility index (Phi) is 5.76. The number of benzene rings is 1. The van der Waals surface area contributed by atoms with Crippen molar-refractivity contribution in [1.82, 2.24) is 4.31 Å². The van der Waals surface area contributed by atoms with E-state index in [0.29, 0.717) is 0 Å². The van der Waals surface area contributed by atoms with Crippen LogP contribution in [0, 0.1) is 5.82 Å². The van der Waals surface area contributed by atoms with E-state index in [1.54, 1.807) is 6.92 Å². The van der Waals surface area contributed by atoms with Gasteiger partial charge in [0.2, 0.25) is 10.0 Å². The van der Waals surface area contributed by atoms with Crippen molar-refractivity contribution < 1.29 is 22.7 Å². The second-order valence-electron chi connectivity index (χ2n) is 3.81. The summed E-state index contributed by atoms with van der Waals surface area (Å²) in [4.78, 5) is 10.1. The van der Waals surface area contributed by atoms with Gasteiger partial charge in [-0.25, -0.2) is 12.8 Å². The molecule has 0 bridgehead atoms. The van der Waals surface area contributed by atoms with E-state index < -0.39 is 31.7 Å². The average Bonchev–Trinajstić information content (AvgIpc) is 2.35. The highest BCUT2D eigenvalue weighted by molar-refractivity contribution is 7.89. The first-order chi connectivity index (χ1) is 9.21. The van der Waals surface area contributed by atoms with Gasteiger partial charge in [0.15, 0.2) is 5.82 Å². The van der Waals surface area contributed by atoms with Gasteiger partial charge in [-0.15, -0.1) is 0 Å². The lowest BCUT2D eigenvalue weighted by molar-refractivity contribution is -0.137. The number of halogens is 3. The molecule has 20 heavy (non-hydrogen) atoms. The Morgan fingerprint density at radius 1 is 1.40 bits per heavy atom. The minimum Gasteiger partial charge on any atom is -0.481 e. The molecule has 0 aromatic heterocycles. The molecule has 1 rings (SSSR count). The minimum absolute atomic E-state index is 0.0379. The van der Waals surface area contributed by atoms with Crippen LogP contribution in [0.5, 0.6) is 0 Å². The summed E-state index contributed by atoms with van der Waals surface area (Å²) in [6.45, 7) is 1.35. The van der Waals surface area contributed by atoms with Crippen LogP contribution in [-0.2, 0) is 14.8 Å². The Bertz CT molecular complexity index is 621. The third-order valence-electron chi connectivity index (χ3n) is 2.55. The number of hydrogen-bond donors (Lipinski definition) is 1. The molecule has 0 unspecified atom stereocenters. The fraction of sp³-hybridized carbons (Fsp3) is 0.364. The molecule has 5 nitrogen and oxygen atoms in total. The molecule has 0 heterocycles. The number of carboxylic acids is 1.